The van der Waals surface area contributed by atoms with Gasteiger partial charge in [-0.05, 0) is 80.8 Å². The highest BCUT2D eigenvalue weighted by atomic mass is 28.4. The summed E-state index contributed by atoms with van der Waals surface area (Å²) in [7, 11) is -2.01. The van der Waals surface area contributed by atoms with Crippen molar-refractivity contribution < 1.29 is 14.0 Å². The maximum atomic E-state index is 13.7. The summed E-state index contributed by atoms with van der Waals surface area (Å²) < 4.78 is 13.2. The van der Waals surface area contributed by atoms with E-state index in [2.05, 4.69) is 58.0 Å². The van der Waals surface area contributed by atoms with Crippen LogP contribution in [-0.4, -0.2) is 20.9 Å². The Kier molecular flexibility index (Phi) is 6.74. The number of carbonyl (C=O) groups excluding carboxylic acids is 1. The van der Waals surface area contributed by atoms with Gasteiger partial charge in [-0.25, -0.2) is 0 Å². The van der Waals surface area contributed by atoms with Crippen LogP contribution in [-0.2, 0) is 26.0 Å². The molecule has 3 rings (SSSR count). The largest absolute Gasteiger partial charge is 0.465 e. The molecule has 29 heavy (non-hydrogen) atoms. The number of aryl methyl sites for hydroxylation is 1. The topological polar surface area (TPSA) is 35.5 Å². The number of carbonyl (C=O) groups is 1. The number of rotatable bonds is 7. The van der Waals surface area contributed by atoms with Crippen molar-refractivity contribution in [1.29, 1.82) is 0 Å². The highest BCUT2D eigenvalue weighted by molar-refractivity contribution is 6.73. The fourth-order valence-electron chi connectivity index (χ4n) is 5.88. The molecular weight excluding hydrogens is 376 g/mol. The molecule has 4 heteroatoms. The number of ether oxygens (including phenoxy) is 1. The highest BCUT2D eigenvalue weighted by Gasteiger charge is 2.65. The third kappa shape index (κ3) is 3.33. The van der Waals surface area contributed by atoms with Crippen LogP contribution >= 0.6 is 0 Å². The van der Waals surface area contributed by atoms with Crippen LogP contribution in [0.5, 0.6) is 0 Å². The average Bonchev–Trinajstić information content (AvgIpc) is 2.77. The van der Waals surface area contributed by atoms with Crippen molar-refractivity contribution in [1.82, 2.24) is 0 Å². The summed E-state index contributed by atoms with van der Waals surface area (Å²) in [6.45, 7) is 11.3. The predicted octanol–water partition coefficient (Wildman–Crippen LogP) is 6.53. The molecule has 3 nitrogen and oxygen atoms in total. The first-order chi connectivity index (χ1) is 14.0. The predicted molar refractivity (Wildman–Crippen MR) is 121 cm³/mol. The standard InChI is InChI=1S/C25H38O3Si/c1-6-21-15-13-18-24(23(26)27-7-2)19-17-20-14-11-12-16-22(20)25(21,24)28-29(8-3,9-4)10-5/h6,11-12,14,16H,7-10,13,15,17-19H2,1-5H3/b21-6+/t24-,25-/m1/s1. The van der Waals surface area contributed by atoms with Gasteiger partial charge in [-0.3, -0.25) is 4.79 Å². The van der Waals surface area contributed by atoms with Crippen LogP contribution in [0.25, 0.3) is 0 Å². The second kappa shape index (κ2) is 8.77. The summed E-state index contributed by atoms with van der Waals surface area (Å²) in [5, 5.41) is 0. The van der Waals surface area contributed by atoms with Crippen molar-refractivity contribution in [3.05, 3.63) is 47.0 Å². The number of hydrogen-bond donors (Lipinski definition) is 0. The van der Waals surface area contributed by atoms with Crippen molar-refractivity contribution >= 4 is 14.3 Å². The molecule has 0 unspecified atom stereocenters. The molecule has 1 aromatic rings. The van der Waals surface area contributed by atoms with Gasteiger partial charge in [0.25, 0.3) is 0 Å². The normalized spacial score (nSPS) is 28.0. The van der Waals surface area contributed by atoms with E-state index in [0.29, 0.717) is 6.61 Å². The Bertz CT molecular complexity index is 759. The molecule has 160 valence electrons. The summed E-state index contributed by atoms with van der Waals surface area (Å²) in [4.78, 5) is 13.7. The Hall–Kier alpha value is -1.39. The van der Waals surface area contributed by atoms with Gasteiger partial charge in [0, 0.05) is 0 Å². The highest BCUT2D eigenvalue weighted by Crippen LogP contribution is 2.63. The molecule has 0 aliphatic heterocycles. The van der Waals surface area contributed by atoms with Gasteiger partial charge in [-0.1, -0.05) is 51.1 Å². The van der Waals surface area contributed by atoms with Crippen molar-refractivity contribution in [3.8, 4) is 0 Å². The minimum atomic E-state index is -2.01. The molecular formula is C25H38O3Si. The second-order valence-electron chi connectivity index (χ2n) is 8.65. The van der Waals surface area contributed by atoms with Gasteiger partial charge in [0.1, 0.15) is 11.0 Å². The van der Waals surface area contributed by atoms with Gasteiger partial charge in [0.05, 0.1) is 6.61 Å². The lowest BCUT2D eigenvalue weighted by Gasteiger charge is -2.59. The fraction of sp³-hybridized carbons (Fsp3) is 0.640. The van der Waals surface area contributed by atoms with Gasteiger partial charge in [0.15, 0.2) is 8.32 Å². The molecule has 0 heterocycles. The first-order valence-corrected chi connectivity index (χ1v) is 14.1. The molecule has 2 aliphatic rings. The summed E-state index contributed by atoms with van der Waals surface area (Å²) in [6, 6.07) is 11.9. The van der Waals surface area contributed by atoms with E-state index in [1.165, 1.54) is 16.7 Å². The van der Waals surface area contributed by atoms with Crippen LogP contribution in [0.4, 0.5) is 0 Å². The van der Waals surface area contributed by atoms with E-state index >= 15 is 0 Å². The van der Waals surface area contributed by atoms with Gasteiger partial charge in [-0.15, -0.1) is 0 Å². The van der Waals surface area contributed by atoms with Gasteiger partial charge in [-0.2, -0.15) is 0 Å². The second-order valence-corrected chi connectivity index (χ2v) is 13.3. The van der Waals surface area contributed by atoms with E-state index in [9.17, 15) is 4.79 Å². The Balaban J connectivity index is 2.34. The number of fused-ring (bicyclic) bond motifs is 3. The van der Waals surface area contributed by atoms with Crippen molar-refractivity contribution in [3.63, 3.8) is 0 Å². The lowest BCUT2D eigenvalue weighted by atomic mass is 9.53. The lowest BCUT2D eigenvalue weighted by molar-refractivity contribution is -0.177. The van der Waals surface area contributed by atoms with Crippen LogP contribution in [0.15, 0.2) is 35.9 Å². The number of esters is 1. The maximum Gasteiger partial charge on any atom is 0.315 e. The Labute approximate surface area is 178 Å². The Morgan fingerprint density at radius 3 is 2.38 bits per heavy atom. The number of allylic oxidation sites excluding steroid dienone is 1. The van der Waals surface area contributed by atoms with E-state index in [1.54, 1.807) is 0 Å². The first kappa shape index (κ1) is 22.3. The smallest absolute Gasteiger partial charge is 0.315 e. The third-order valence-corrected chi connectivity index (χ3v) is 12.3. The van der Waals surface area contributed by atoms with Crippen LogP contribution < -0.4 is 0 Å². The summed E-state index contributed by atoms with van der Waals surface area (Å²) >= 11 is 0. The van der Waals surface area contributed by atoms with Crippen molar-refractivity contribution in [2.75, 3.05) is 6.61 Å². The summed E-state index contributed by atoms with van der Waals surface area (Å²) in [6.07, 6.45) is 6.81. The lowest BCUT2D eigenvalue weighted by Crippen LogP contribution is -2.62. The van der Waals surface area contributed by atoms with E-state index < -0.39 is 19.3 Å². The molecule has 0 N–H and O–H groups in total. The first-order valence-electron chi connectivity index (χ1n) is 11.6. The zero-order valence-corrected chi connectivity index (χ0v) is 20.0. The average molecular weight is 415 g/mol. The Morgan fingerprint density at radius 2 is 1.76 bits per heavy atom. The zero-order chi connectivity index (χ0) is 21.1. The molecule has 1 saturated carbocycles. The van der Waals surface area contributed by atoms with Crippen LogP contribution in [0.2, 0.25) is 18.1 Å². The zero-order valence-electron chi connectivity index (χ0n) is 19.0. The number of benzene rings is 1. The molecule has 2 atom stereocenters. The fourth-order valence-corrected chi connectivity index (χ4v) is 8.89. The van der Waals surface area contributed by atoms with Crippen LogP contribution in [0.3, 0.4) is 0 Å². The molecule has 0 aromatic heterocycles. The third-order valence-electron chi connectivity index (χ3n) is 7.71. The van der Waals surface area contributed by atoms with Gasteiger partial charge >= 0.3 is 5.97 Å². The molecule has 1 fully saturated rings. The SMILES string of the molecule is C/C=C1\CCC[C@]2(C(=O)OCC)CCc3ccccc3[C@]12O[Si](CC)(CC)CC. The van der Waals surface area contributed by atoms with Crippen LogP contribution in [0, 0.1) is 5.41 Å². The summed E-state index contributed by atoms with van der Waals surface area (Å²) in [5.41, 5.74) is 2.56. The summed E-state index contributed by atoms with van der Waals surface area (Å²) in [5.74, 6) is -0.0558. The Morgan fingerprint density at radius 1 is 1.07 bits per heavy atom. The molecule has 1 aromatic carbocycles. The minimum absolute atomic E-state index is 0.0558. The van der Waals surface area contributed by atoms with Gasteiger partial charge in [0.2, 0.25) is 0 Å². The molecule has 0 radical (unpaired) electrons. The van der Waals surface area contributed by atoms with Crippen LogP contribution in [0.1, 0.15) is 71.4 Å². The quantitative estimate of drug-likeness (QED) is 0.289. The molecule has 0 spiro atoms. The van der Waals surface area contributed by atoms with Crippen molar-refractivity contribution in [2.24, 2.45) is 5.41 Å². The van der Waals surface area contributed by atoms with E-state index in [-0.39, 0.29) is 5.97 Å². The van der Waals surface area contributed by atoms with Crippen molar-refractivity contribution in [2.45, 2.75) is 90.5 Å². The maximum absolute atomic E-state index is 13.7. The molecule has 2 aliphatic carbocycles. The molecule has 0 amide bonds. The van der Waals surface area contributed by atoms with E-state index in [4.69, 9.17) is 9.16 Å². The number of hydrogen-bond acceptors (Lipinski definition) is 3. The minimum Gasteiger partial charge on any atom is -0.465 e. The van der Waals surface area contributed by atoms with E-state index in [0.717, 1.165) is 50.2 Å². The van der Waals surface area contributed by atoms with E-state index in [1.807, 2.05) is 6.92 Å². The monoisotopic (exact) mass is 414 g/mol. The molecule has 0 bridgehead atoms. The van der Waals surface area contributed by atoms with Gasteiger partial charge < -0.3 is 9.16 Å². The molecule has 0 saturated heterocycles.